The van der Waals surface area contributed by atoms with Gasteiger partial charge in [0.25, 0.3) is 11.8 Å². The SMILES string of the molecule is COC(=O)N1CCCN(c2ccc(C(=O)NC(CC(=O)O)c3ccc(F)cc3)cc2NC(=O)c2ccc3c(c2)OCO3)CC1. The molecule has 230 valence electrons. The number of aliphatic carboxylic acids is 1. The van der Waals surface area contributed by atoms with E-state index >= 15 is 0 Å². The Bertz CT molecular complexity index is 1560. The van der Waals surface area contributed by atoms with Crippen LogP contribution < -0.4 is 25.0 Å². The van der Waals surface area contributed by atoms with Crippen molar-refractivity contribution in [3.05, 3.63) is 83.2 Å². The van der Waals surface area contributed by atoms with E-state index in [0.29, 0.717) is 66.6 Å². The second-order valence-electron chi connectivity index (χ2n) is 10.2. The molecule has 13 heteroatoms. The van der Waals surface area contributed by atoms with Crippen LogP contribution in [-0.2, 0) is 9.53 Å². The monoisotopic (exact) mass is 606 g/mol. The number of rotatable bonds is 8. The second kappa shape index (κ2) is 13.3. The number of hydrogen-bond acceptors (Lipinski definition) is 8. The maximum Gasteiger partial charge on any atom is 0.409 e. The Kier molecular flexibility index (Phi) is 9.12. The smallest absolute Gasteiger partial charge is 0.409 e. The van der Waals surface area contributed by atoms with E-state index < -0.39 is 42.2 Å². The molecule has 3 aromatic carbocycles. The van der Waals surface area contributed by atoms with Gasteiger partial charge in [-0.05, 0) is 60.5 Å². The molecule has 3 aromatic rings. The van der Waals surface area contributed by atoms with Crippen molar-refractivity contribution in [2.75, 3.05) is 50.3 Å². The lowest BCUT2D eigenvalue weighted by atomic mass is 10.0. The zero-order chi connectivity index (χ0) is 31.2. The molecule has 3 amide bonds. The first-order chi connectivity index (χ1) is 21.2. The van der Waals surface area contributed by atoms with E-state index in [1.165, 1.54) is 37.4 Å². The lowest BCUT2D eigenvalue weighted by molar-refractivity contribution is -0.137. The summed E-state index contributed by atoms with van der Waals surface area (Å²) in [6, 6.07) is 13.9. The van der Waals surface area contributed by atoms with Gasteiger partial charge in [0.05, 0.1) is 30.9 Å². The summed E-state index contributed by atoms with van der Waals surface area (Å²) < 4.78 is 29.1. The van der Waals surface area contributed by atoms with Gasteiger partial charge in [-0.2, -0.15) is 0 Å². The molecule has 0 bridgehead atoms. The number of hydrogen-bond donors (Lipinski definition) is 3. The Balaban J connectivity index is 1.43. The number of amides is 3. The Labute approximate surface area is 252 Å². The summed E-state index contributed by atoms with van der Waals surface area (Å²) in [7, 11) is 1.33. The first kappa shape index (κ1) is 30.1. The third-order valence-electron chi connectivity index (χ3n) is 7.37. The summed E-state index contributed by atoms with van der Waals surface area (Å²) in [5.41, 5.74) is 1.86. The quantitative estimate of drug-likeness (QED) is 0.346. The van der Waals surface area contributed by atoms with E-state index in [4.69, 9.17) is 14.2 Å². The molecule has 0 aromatic heterocycles. The largest absolute Gasteiger partial charge is 0.481 e. The number of benzene rings is 3. The van der Waals surface area contributed by atoms with Gasteiger partial charge in [-0.1, -0.05) is 12.1 Å². The van der Waals surface area contributed by atoms with Crippen molar-refractivity contribution in [2.24, 2.45) is 0 Å². The topological polar surface area (TPSA) is 147 Å². The number of carbonyl (C=O) groups is 4. The van der Waals surface area contributed by atoms with Crippen LogP contribution in [0.2, 0.25) is 0 Å². The minimum absolute atomic E-state index is 0.0556. The van der Waals surface area contributed by atoms with Crippen molar-refractivity contribution in [3.8, 4) is 11.5 Å². The Hall–Kier alpha value is -5.33. The molecule has 2 heterocycles. The molecule has 12 nitrogen and oxygen atoms in total. The summed E-state index contributed by atoms with van der Waals surface area (Å²) in [4.78, 5) is 54.1. The number of nitrogens with one attached hydrogen (secondary N) is 2. The third kappa shape index (κ3) is 7.00. The predicted octanol–water partition coefficient (Wildman–Crippen LogP) is 4.03. The Morgan fingerprint density at radius 2 is 1.64 bits per heavy atom. The minimum Gasteiger partial charge on any atom is -0.481 e. The van der Waals surface area contributed by atoms with Crippen molar-refractivity contribution in [3.63, 3.8) is 0 Å². The molecular formula is C31H31FN4O8. The normalized spacial score (nSPS) is 14.8. The number of nitrogens with zero attached hydrogens (tertiary/aromatic N) is 2. The number of carboxylic acid groups (broad SMARTS) is 1. The van der Waals surface area contributed by atoms with Gasteiger partial charge in [0.2, 0.25) is 6.79 Å². The number of halogens is 1. The molecular weight excluding hydrogens is 575 g/mol. The number of carboxylic acids is 1. The van der Waals surface area contributed by atoms with Crippen molar-refractivity contribution in [2.45, 2.75) is 18.9 Å². The molecule has 1 fully saturated rings. The lowest BCUT2D eigenvalue weighted by Crippen LogP contribution is -2.35. The van der Waals surface area contributed by atoms with Crippen molar-refractivity contribution < 1.29 is 42.9 Å². The maximum atomic E-state index is 13.5. The second-order valence-corrected chi connectivity index (χ2v) is 10.2. The maximum absolute atomic E-state index is 13.5. The van der Waals surface area contributed by atoms with Crippen molar-refractivity contribution in [1.29, 1.82) is 0 Å². The number of methoxy groups -OCH3 is 1. The fraction of sp³-hybridized carbons (Fsp3) is 0.290. The molecule has 0 spiro atoms. The highest BCUT2D eigenvalue weighted by molar-refractivity contribution is 6.07. The fourth-order valence-corrected chi connectivity index (χ4v) is 5.12. The van der Waals surface area contributed by atoms with Gasteiger partial charge in [0, 0.05) is 37.3 Å². The highest BCUT2D eigenvalue weighted by Gasteiger charge is 2.25. The van der Waals surface area contributed by atoms with Gasteiger partial charge in [-0.25, -0.2) is 9.18 Å². The van der Waals surface area contributed by atoms with Gasteiger partial charge in [-0.15, -0.1) is 0 Å². The van der Waals surface area contributed by atoms with Crippen LogP contribution in [-0.4, -0.2) is 74.0 Å². The van der Waals surface area contributed by atoms with Crippen LogP contribution in [0.25, 0.3) is 0 Å². The van der Waals surface area contributed by atoms with E-state index in [2.05, 4.69) is 10.6 Å². The van der Waals surface area contributed by atoms with Gasteiger partial charge >= 0.3 is 12.1 Å². The summed E-state index contributed by atoms with van der Waals surface area (Å²) in [6.07, 6.45) is -0.207. The van der Waals surface area contributed by atoms with Crippen LogP contribution in [0, 0.1) is 5.82 Å². The van der Waals surface area contributed by atoms with Gasteiger partial charge in [0.15, 0.2) is 11.5 Å². The summed E-state index contributed by atoms with van der Waals surface area (Å²) in [5.74, 6) is -1.71. The highest BCUT2D eigenvalue weighted by Crippen LogP contribution is 2.34. The standard InChI is InChI=1S/C31H31FN4O8/c1-42-31(41)36-12-2-11-35(13-14-36)25-9-5-20(29(39)33-23(17-28(37)38)19-3-7-22(32)8-4-19)15-24(25)34-30(40)21-6-10-26-27(16-21)44-18-43-26/h3-10,15-16,23H,2,11-14,17-18H2,1H3,(H,33,39)(H,34,40)(H,37,38). The van der Waals surface area contributed by atoms with Crippen molar-refractivity contribution >= 4 is 35.3 Å². The molecule has 0 radical (unpaired) electrons. The van der Waals surface area contributed by atoms with Crippen LogP contribution in [0.5, 0.6) is 11.5 Å². The van der Waals surface area contributed by atoms with E-state index in [-0.39, 0.29) is 12.4 Å². The van der Waals surface area contributed by atoms with Gasteiger partial charge < -0.3 is 39.8 Å². The minimum atomic E-state index is -1.14. The zero-order valence-electron chi connectivity index (χ0n) is 23.9. The zero-order valence-corrected chi connectivity index (χ0v) is 23.9. The molecule has 1 unspecified atom stereocenters. The third-order valence-corrected chi connectivity index (χ3v) is 7.37. The summed E-state index contributed by atoms with van der Waals surface area (Å²) in [6.45, 7) is 1.95. The molecule has 5 rings (SSSR count). The van der Waals surface area contributed by atoms with E-state index in [1.807, 2.05) is 4.90 Å². The average molecular weight is 607 g/mol. The van der Waals surface area contributed by atoms with Crippen molar-refractivity contribution in [1.82, 2.24) is 10.2 Å². The van der Waals surface area contributed by atoms with Gasteiger partial charge in [0.1, 0.15) is 5.82 Å². The van der Waals surface area contributed by atoms with Crippen LogP contribution in [0.15, 0.2) is 60.7 Å². The molecule has 2 aliphatic heterocycles. The molecule has 0 aliphatic carbocycles. The Morgan fingerprint density at radius 3 is 2.39 bits per heavy atom. The number of carbonyl (C=O) groups excluding carboxylic acids is 3. The van der Waals surface area contributed by atoms with Gasteiger partial charge in [-0.3, -0.25) is 14.4 Å². The number of ether oxygens (including phenoxy) is 3. The first-order valence-electron chi connectivity index (χ1n) is 13.9. The molecule has 1 atom stereocenters. The molecule has 44 heavy (non-hydrogen) atoms. The number of anilines is 2. The Morgan fingerprint density at radius 1 is 0.909 bits per heavy atom. The van der Waals surface area contributed by atoms with E-state index in [1.54, 1.807) is 35.2 Å². The fourth-order valence-electron chi connectivity index (χ4n) is 5.12. The lowest BCUT2D eigenvalue weighted by Gasteiger charge is -2.26. The predicted molar refractivity (Wildman–Crippen MR) is 157 cm³/mol. The molecule has 3 N–H and O–H groups in total. The van der Waals surface area contributed by atoms with E-state index in [9.17, 15) is 28.7 Å². The van der Waals surface area contributed by atoms with E-state index in [0.717, 1.165) is 0 Å². The highest BCUT2D eigenvalue weighted by atomic mass is 19.1. The molecule has 1 saturated heterocycles. The van der Waals surface area contributed by atoms with Crippen LogP contribution in [0.4, 0.5) is 20.6 Å². The average Bonchev–Trinajstić information content (AvgIpc) is 3.35. The molecule has 0 saturated carbocycles. The summed E-state index contributed by atoms with van der Waals surface area (Å²) in [5, 5.41) is 15.1. The van der Waals surface area contributed by atoms with Crippen LogP contribution >= 0.6 is 0 Å². The molecule has 2 aliphatic rings. The number of fused-ring (bicyclic) bond motifs is 1. The summed E-state index contributed by atoms with van der Waals surface area (Å²) >= 11 is 0. The van der Waals surface area contributed by atoms with Crippen LogP contribution in [0.3, 0.4) is 0 Å². The van der Waals surface area contributed by atoms with Crippen LogP contribution in [0.1, 0.15) is 45.2 Å². The first-order valence-corrected chi connectivity index (χ1v) is 13.9.